The Morgan fingerprint density at radius 1 is 0.921 bits per heavy atom. The summed E-state index contributed by atoms with van der Waals surface area (Å²) in [6, 6.07) is 8.65. The van der Waals surface area contributed by atoms with Crippen LogP contribution in [0.25, 0.3) is 33.1 Å². The highest BCUT2D eigenvalue weighted by Gasteiger charge is 2.48. The van der Waals surface area contributed by atoms with Crippen molar-refractivity contribution in [2.75, 3.05) is 44.9 Å². The molecular weight excluding hydrogens is 810 g/mol. The van der Waals surface area contributed by atoms with E-state index >= 15 is 4.39 Å². The third-order valence-corrected chi connectivity index (χ3v) is 12.9. The Hall–Kier alpha value is -5.61. The molecule has 1 aliphatic carbocycles. The number of piperazine rings is 1. The molecule has 1 amide bonds. The van der Waals surface area contributed by atoms with E-state index < -0.39 is 11.6 Å². The van der Waals surface area contributed by atoms with Crippen LogP contribution in [0.2, 0.25) is 0 Å². The van der Waals surface area contributed by atoms with Gasteiger partial charge in [0.2, 0.25) is 0 Å². The van der Waals surface area contributed by atoms with Gasteiger partial charge < -0.3 is 38.2 Å². The molecule has 1 unspecified atom stereocenters. The fourth-order valence-corrected chi connectivity index (χ4v) is 9.53. The number of benzene rings is 2. The summed E-state index contributed by atoms with van der Waals surface area (Å²) >= 11 is 0. The number of rotatable bonds is 10. The van der Waals surface area contributed by atoms with Gasteiger partial charge in [0.1, 0.15) is 35.2 Å². The molecule has 2 bridgehead atoms. The van der Waals surface area contributed by atoms with Crippen molar-refractivity contribution < 1.29 is 42.4 Å². The number of ether oxygens (including phenoxy) is 6. The number of nitrogens with zero attached hydrogens (tertiary/aromatic N) is 7. The molecule has 15 nitrogen and oxygen atoms in total. The van der Waals surface area contributed by atoms with E-state index in [0.717, 1.165) is 55.2 Å². The molecule has 332 valence electrons. The summed E-state index contributed by atoms with van der Waals surface area (Å²) < 4.78 is 54.6. The first-order chi connectivity index (χ1) is 30.4. The normalized spacial score (nSPS) is 21.7. The molecule has 7 heterocycles. The Labute approximate surface area is 365 Å². The van der Waals surface area contributed by atoms with Crippen molar-refractivity contribution in [3.63, 3.8) is 0 Å². The predicted molar refractivity (Wildman–Crippen MR) is 231 cm³/mol. The predicted octanol–water partition coefficient (Wildman–Crippen LogP) is 8.19. The van der Waals surface area contributed by atoms with Crippen molar-refractivity contribution in [3.05, 3.63) is 64.7 Å². The number of esters is 1. The van der Waals surface area contributed by atoms with Gasteiger partial charge in [-0.3, -0.25) is 0 Å². The van der Waals surface area contributed by atoms with E-state index in [-0.39, 0.29) is 54.9 Å². The highest BCUT2D eigenvalue weighted by molar-refractivity contribution is 6.04. The fraction of sp³-hybridized carbons (Fsp3) is 0.532. The lowest BCUT2D eigenvalue weighted by Gasteiger charge is -2.36. The summed E-state index contributed by atoms with van der Waals surface area (Å²) in [7, 11) is 1.35. The smallest absolute Gasteiger partial charge is 0.410 e. The minimum absolute atomic E-state index is 0.0574. The van der Waals surface area contributed by atoms with Gasteiger partial charge in [-0.1, -0.05) is 12.1 Å². The van der Waals surface area contributed by atoms with Gasteiger partial charge in [0.05, 0.1) is 55.4 Å². The van der Waals surface area contributed by atoms with E-state index in [0.29, 0.717) is 96.1 Å². The van der Waals surface area contributed by atoms with E-state index in [9.17, 15) is 9.59 Å². The standard InChI is InChI=1S/C47H54FN7O8/c1-26-34(48)21-35-33(22-49-55(35)36-8-6-7-17-60-36)37(26)38-39(28-13-14-28)50-41-40(42(38)61-25-27-9-11-29(12-10-27)44(56)58-5)51-45(62-32-15-18-59-19-16-32)52-43(41)53-23-31-20-30(53)24-54(31)46(57)63-47(2,3)4/h9-12,21-22,28,30-32,36H,6-8,13-20,23-25H2,1-5H3/t30-,31-,36?/m0/s1. The van der Waals surface area contributed by atoms with Crippen LogP contribution in [0.1, 0.15) is 111 Å². The Morgan fingerprint density at radius 3 is 2.40 bits per heavy atom. The van der Waals surface area contributed by atoms with Crippen molar-refractivity contribution in [3.8, 4) is 22.9 Å². The number of pyridine rings is 1. The van der Waals surface area contributed by atoms with Crippen LogP contribution in [-0.4, -0.2) is 106 Å². The number of carbonyl (C=O) groups is 2. The van der Waals surface area contributed by atoms with Crippen LogP contribution in [-0.2, 0) is 25.6 Å². The largest absolute Gasteiger partial charge is 0.486 e. The summed E-state index contributed by atoms with van der Waals surface area (Å²) in [4.78, 5) is 45.6. The number of halogens is 1. The third-order valence-electron chi connectivity index (χ3n) is 12.9. The molecule has 63 heavy (non-hydrogen) atoms. The highest BCUT2D eigenvalue weighted by Crippen LogP contribution is 2.52. The van der Waals surface area contributed by atoms with Gasteiger partial charge in [-0.15, -0.1) is 0 Å². The second kappa shape index (κ2) is 16.5. The lowest BCUT2D eigenvalue weighted by Crippen LogP contribution is -2.50. The second-order valence-corrected chi connectivity index (χ2v) is 18.4. The lowest BCUT2D eigenvalue weighted by atomic mass is 9.92. The molecule has 4 saturated heterocycles. The van der Waals surface area contributed by atoms with Crippen molar-refractivity contribution in [1.29, 1.82) is 0 Å². The highest BCUT2D eigenvalue weighted by atomic mass is 19.1. The Kier molecular flexibility index (Phi) is 10.8. The number of carbonyl (C=O) groups excluding carboxylic acids is 2. The summed E-state index contributed by atoms with van der Waals surface area (Å²) in [6.45, 7) is 10.2. The summed E-state index contributed by atoms with van der Waals surface area (Å²) in [5.41, 5.74) is 4.70. The maximum Gasteiger partial charge on any atom is 0.410 e. The van der Waals surface area contributed by atoms with Gasteiger partial charge in [-0.05, 0) is 89.5 Å². The van der Waals surface area contributed by atoms with E-state index in [1.807, 2.05) is 37.8 Å². The third kappa shape index (κ3) is 8.00. The fourth-order valence-electron chi connectivity index (χ4n) is 9.53. The molecule has 0 N–H and O–H groups in total. The topological polar surface area (TPSA) is 152 Å². The van der Waals surface area contributed by atoms with Gasteiger partial charge in [0.15, 0.2) is 17.8 Å². The SMILES string of the molecule is COC(=O)c1ccc(COc2c(-c3c(C)c(F)cc4c3cnn4C3CCCCO3)c(C3CC3)nc3c(N4C[C@@H]5C[C@H]4CN5C(=O)OC(C)(C)C)nc(OC4CCOCC4)nc23)cc1. The number of aromatic nitrogens is 5. The van der Waals surface area contributed by atoms with Crippen LogP contribution in [0, 0.1) is 12.7 Å². The van der Waals surface area contributed by atoms with Crippen molar-refractivity contribution in [2.24, 2.45) is 0 Å². The molecule has 3 aromatic heterocycles. The number of likely N-dealkylation sites (tertiary alicyclic amines) is 1. The van der Waals surface area contributed by atoms with Crippen LogP contribution in [0.3, 0.4) is 0 Å². The van der Waals surface area contributed by atoms with E-state index in [1.54, 1.807) is 36.0 Å². The van der Waals surface area contributed by atoms with Crippen molar-refractivity contribution >= 4 is 39.8 Å². The van der Waals surface area contributed by atoms with E-state index in [4.69, 9.17) is 48.5 Å². The molecule has 5 aromatic rings. The van der Waals surface area contributed by atoms with E-state index in [2.05, 4.69) is 4.90 Å². The number of hydrogen-bond donors (Lipinski definition) is 0. The zero-order valence-electron chi connectivity index (χ0n) is 36.5. The minimum atomic E-state index is -0.619. The molecule has 3 atom stereocenters. The molecule has 1 saturated carbocycles. The number of methoxy groups -OCH3 is 1. The molecule has 0 spiro atoms. The van der Waals surface area contributed by atoms with Crippen LogP contribution in [0.5, 0.6) is 11.8 Å². The summed E-state index contributed by atoms with van der Waals surface area (Å²) in [6.07, 6.45) is 7.63. The Bertz CT molecular complexity index is 2560. The summed E-state index contributed by atoms with van der Waals surface area (Å²) in [5, 5.41) is 5.58. The first-order valence-corrected chi connectivity index (χ1v) is 22.3. The molecule has 4 aliphatic heterocycles. The number of hydrogen-bond acceptors (Lipinski definition) is 13. The molecule has 0 radical (unpaired) electrons. The Morgan fingerprint density at radius 2 is 1.71 bits per heavy atom. The molecular formula is C47H54FN7O8. The first-order valence-electron chi connectivity index (χ1n) is 22.3. The van der Waals surface area contributed by atoms with Crippen molar-refractivity contribution in [1.82, 2.24) is 29.6 Å². The maximum atomic E-state index is 16.6. The van der Waals surface area contributed by atoms with Crippen LogP contribution >= 0.6 is 0 Å². The zero-order valence-corrected chi connectivity index (χ0v) is 36.5. The van der Waals surface area contributed by atoms with E-state index in [1.165, 1.54) is 7.11 Å². The maximum absolute atomic E-state index is 16.6. The average molecular weight is 864 g/mol. The molecule has 2 aromatic carbocycles. The van der Waals surface area contributed by atoms with Crippen LogP contribution < -0.4 is 14.4 Å². The van der Waals surface area contributed by atoms with Gasteiger partial charge in [-0.2, -0.15) is 15.1 Å². The van der Waals surface area contributed by atoms with Crippen LogP contribution in [0.4, 0.5) is 15.0 Å². The van der Waals surface area contributed by atoms with Gasteiger partial charge in [0, 0.05) is 61.0 Å². The van der Waals surface area contributed by atoms with Crippen LogP contribution in [0.15, 0.2) is 36.5 Å². The van der Waals surface area contributed by atoms with Gasteiger partial charge >= 0.3 is 18.1 Å². The summed E-state index contributed by atoms with van der Waals surface area (Å²) in [5.74, 6) is 0.285. The molecule has 5 aliphatic rings. The Balaban J connectivity index is 1.16. The zero-order chi connectivity index (χ0) is 43.6. The molecule has 16 heteroatoms. The van der Waals surface area contributed by atoms with Gasteiger partial charge in [0.25, 0.3) is 0 Å². The minimum Gasteiger partial charge on any atom is -0.486 e. The van der Waals surface area contributed by atoms with Gasteiger partial charge in [-0.25, -0.2) is 23.6 Å². The number of anilines is 1. The number of fused-ring (bicyclic) bond motifs is 4. The second-order valence-electron chi connectivity index (χ2n) is 18.4. The van der Waals surface area contributed by atoms with Crippen molar-refractivity contribution in [2.45, 2.75) is 122 Å². The first kappa shape index (κ1) is 41.4. The molecule has 10 rings (SSSR count). The number of amides is 1. The monoisotopic (exact) mass is 863 g/mol. The lowest BCUT2D eigenvalue weighted by molar-refractivity contribution is -0.0367. The average Bonchev–Trinajstić information content (AvgIpc) is 3.72. The quantitative estimate of drug-likeness (QED) is 0.124. The molecule has 5 fully saturated rings.